The summed E-state index contributed by atoms with van der Waals surface area (Å²) in [6.07, 6.45) is 4.16. The van der Waals surface area contributed by atoms with E-state index in [0.29, 0.717) is 0 Å². The van der Waals surface area contributed by atoms with Crippen LogP contribution in [-0.4, -0.2) is 41.6 Å². The fourth-order valence-electron chi connectivity index (χ4n) is 2.69. The second-order valence-corrected chi connectivity index (χ2v) is 5.91. The minimum Gasteiger partial charge on any atom is -0.330 e. The number of hydrogen-bond donors (Lipinski definition) is 1. The van der Waals surface area contributed by atoms with E-state index in [1.807, 2.05) is 0 Å². The summed E-state index contributed by atoms with van der Waals surface area (Å²) < 4.78 is 2.38. The molecule has 0 atom stereocenters. The van der Waals surface area contributed by atoms with Gasteiger partial charge in [-0.3, -0.25) is 0 Å². The summed E-state index contributed by atoms with van der Waals surface area (Å²) in [6.45, 7) is 5.04. The predicted octanol–water partition coefficient (Wildman–Crippen LogP) is 2.44. The highest BCUT2D eigenvalue weighted by atomic mass is 15.1. The molecule has 2 N–H and O–H groups in total. The molecule has 0 unspecified atom stereocenters. The maximum absolute atomic E-state index is 5.66. The lowest BCUT2D eigenvalue weighted by Crippen LogP contribution is -2.16. The molecular formula is C17H28N4. The number of imidazole rings is 1. The van der Waals surface area contributed by atoms with Crippen LogP contribution in [-0.2, 0) is 19.4 Å². The van der Waals surface area contributed by atoms with Gasteiger partial charge in [0, 0.05) is 13.0 Å². The van der Waals surface area contributed by atoms with Gasteiger partial charge in [-0.1, -0.05) is 13.0 Å². The van der Waals surface area contributed by atoms with Crippen molar-refractivity contribution in [2.24, 2.45) is 5.73 Å². The van der Waals surface area contributed by atoms with Crippen molar-refractivity contribution in [1.82, 2.24) is 14.5 Å². The molecule has 0 radical (unpaired) electrons. The number of aryl methyl sites for hydroxylation is 3. The van der Waals surface area contributed by atoms with E-state index in [-0.39, 0.29) is 0 Å². The highest BCUT2D eigenvalue weighted by molar-refractivity contribution is 5.77. The summed E-state index contributed by atoms with van der Waals surface area (Å²) in [7, 11) is 4.24. The highest BCUT2D eigenvalue weighted by Crippen LogP contribution is 2.20. The summed E-state index contributed by atoms with van der Waals surface area (Å²) in [6, 6.07) is 6.67. The number of nitrogens with two attached hydrogens (primary N) is 1. The molecule has 0 bridgehead atoms. The van der Waals surface area contributed by atoms with Gasteiger partial charge in [-0.25, -0.2) is 4.98 Å². The van der Waals surface area contributed by atoms with Gasteiger partial charge in [-0.15, -0.1) is 0 Å². The van der Waals surface area contributed by atoms with Crippen LogP contribution in [0.1, 0.15) is 31.2 Å². The lowest BCUT2D eigenvalue weighted by atomic mass is 10.1. The fraction of sp³-hybridized carbons (Fsp3) is 0.588. The minimum absolute atomic E-state index is 0.723. The Morgan fingerprint density at radius 1 is 1.24 bits per heavy atom. The Bertz CT molecular complexity index is 571. The largest absolute Gasteiger partial charge is 0.330 e. The van der Waals surface area contributed by atoms with Gasteiger partial charge in [0.1, 0.15) is 5.82 Å². The van der Waals surface area contributed by atoms with Crippen LogP contribution in [0, 0.1) is 0 Å². The molecule has 1 heterocycles. The van der Waals surface area contributed by atoms with E-state index in [2.05, 4.69) is 48.7 Å². The molecule has 0 spiro atoms. The molecule has 0 aliphatic carbocycles. The fourth-order valence-corrected chi connectivity index (χ4v) is 2.69. The molecule has 0 saturated carbocycles. The van der Waals surface area contributed by atoms with Gasteiger partial charge in [0.25, 0.3) is 0 Å². The quantitative estimate of drug-likeness (QED) is 0.811. The summed E-state index contributed by atoms with van der Waals surface area (Å²) in [5.74, 6) is 1.18. The zero-order valence-corrected chi connectivity index (χ0v) is 13.6. The first-order chi connectivity index (χ1) is 10.2. The number of aromatic nitrogens is 2. The Hall–Kier alpha value is -1.39. The molecule has 4 heteroatoms. The van der Waals surface area contributed by atoms with Crippen LogP contribution in [0.3, 0.4) is 0 Å². The molecule has 1 aromatic heterocycles. The Kier molecular flexibility index (Phi) is 5.76. The lowest BCUT2D eigenvalue weighted by Gasteiger charge is -2.12. The van der Waals surface area contributed by atoms with Crippen LogP contribution in [0.5, 0.6) is 0 Å². The SMILES string of the molecule is CCc1ccc2c(c1)nc(CCCN)n2CCCN(C)C. The van der Waals surface area contributed by atoms with Crippen LogP contribution >= 0.6 is 0 Å². The van der Waals surface area contributed by atoms with Crippen LogP contribution in [0.4, 0.5) is 0 Å². The number of benzene rings is 1. The molecule has 0 saturated heterocycles. The maximum Gasteiger partial charge on any atom is 0.109 e. The first kappa shape index (κ1) is 16.0. The van der Waals surface area contributed by atoms with E-state index >= 15 is 0 Å². The normalized spacial score (nSPS) is 11.7. The molecule has 0 amide bonds. The predicted molar refractivity (Wildman–Crippen MR) is 89.7 cm³/mol. The third-order valence-corrected chi connectivity index (χ3v) is 3.89. The van der Waals surface area contributed by atoms with Crippen LogP contribution < -0.4 is 5.73 Å². The first-order valence-corrected chi connectivity index (χ1v) is 7.98. The van der Waals surface area contributed by atoms with Gasteiger partial charge in [-0.05, 0) is 64.1 Å². The number of rotatable bonds is 8. The number of fused-ring (bicyclic) bond motifs is 1. The standard InChI is InChI=1S/C17H28N4/c1-4-14-8-9-16-15(13-14)19-17(7-5-10-18)21(16)12-6-11-20(2)3/h8-9,13H,4-7,10-12,18H2,1-3H3. The van der Waals surface area contributed by atoms with Crippen molar-refractivity contribution >= 4 is 11.0 Å². The van der Waals surface area contributed by atoms with Crippen LogP contribution in [0.25, 0.3) is 11.0 Å². The topological polar surface area (TPSA) is 47.1 Å². The summed E-state index contributed by atoms with van der Waals surface area (Å²) in [4.78, 5) is 7.08. The minimum atomic E-state index is 0.723. The smallest absolute Gasteiger partial charge is 0.109 e. The van der Waals surface area contributed by atoms with Gasteiger partial charge in [-0.2, -0.15) is 0 Å². The second-order valence-electron chi connectivity index (χ2n) is 5.91. The average molecular weight is 288 g/mol. The van der Waals surface area contributed by atoms with Crippen molar-refractivity contribution in [3.8, 4) is 0 Å². The molecule has 116 valence electrons. The van der Waals surface area contributed by atoms with Crippen molar-refractivity contribution in [2.45, 2.75) is 39.2 Å². The van der Waals surface area contributed by atoms with Gasteiger partial charge in [0.05, 0.1) is 11.0 Å². The molecule has 1 aromatic carbocycles. The van der Waals surface area contributed by atoms with Gasteiger partial charge in [0.2, 0.25) is 0 Å². The van der Waals surface area contributed by atoms with E-state index in [1.165, 1.54) is 16.9 Å². The van der Waals surface area contributed by atoms with Gasteiger partial charge in [0.15, 0.2) is 0 Å². The Morgan fingerprint density at radius 2 is 2.05 bits per heavy atom. The van der Waals surface area contributed by atoms with Gasteiger partial charge >= 0.3 is 0 Å². The molecule has 0 aliphatic heterocycles. The van der Waals surface area contributed by atoms with Crippen LogP contribution in [0.15, 0.2) is 18.2 Å². The lowest BCUT2D eigenvalue weighted by molar-refractivity contribution is 0.386. The Morgan fingerprint density at radius 3 is 2.71 bits per heavy atom. The van der Waals surface area contributed by atoms with Crippen molar-refractivity contribution in [3.63, 3.8) is 0 Å². The first-order valence-electron chi connectivity index (χ1n) is 7.98. The third-order valence-electron chi connectivity index (χ3n) is 3.89. The summed E-state index contributed by atoms with van der Waals surface area (Å²) in [5.41, 5.74) is 9.41. The second kappa shape index (κ2) is 7.57. The Balaban J connectivity index is 2.28. The van der Waals surface area contributed by atoms with Crippen molar-refractivity contribution < 1.29 is 0 Å². The summed E-state index contributed by atoms with van der Waals surface area (Å²) in [5, 5.41) is 0. The Labute approximate surface area is 128 Å². The van der Waals surface area contributed by atoms with Gasteiger partial charge < -0.3 is 15.2 Å². The molecule has 0 aliphatic rings. The van der Waals surface area contributed by atoms with Crippen molar-refractivity contribution in [1.29, 1.82) is 0 Å². The maximum atomic E-state index is 5.66. The van der Waals surface area contributed by atoms with Crippen LogP contribution in [0.2, 0.25) is 0 Å². The van der Waals surface area contributed by atoms with E-state index in [4.69, 9.17) is 10.7 Å². The van der Waals surface area contributed by atoms with E-state index in [9.17, 15) is 0 Å². The van der Waals surface area contributed by atoms with E-state index in [1.54, 1.807) is 0 Å². The molecule has 21 heavy (non-hydrogen) atoms. The monoisotopic (exact) mass is 288 g/mol. The molecule has 2 rings (SSSR count). The van der Waals surface area contributed by atoms with E-state index < -0.39 is 0 Å². The molecular weight excluding hydrogens is 260 g/mol. The number of nitrogens with zero attached hydrogens (tertiary/aromatic N) is 3. The van der Waals surface area contributed by atoms with Crippen molar-refractivity contribution in [3.05, 3.63) is 29.6 Å². The molecule has 2 aromatic rings. The zero-order valence-electron chi connectivity index (χ0n) is 13.6. The zero-order chi connectivity index (χ0) is 15.2. The molecule has 4 nitrogen and oxygen atoms in total. The average Bonchev–Trinajstić information content (AvgIpc) is 2.81. The van der Waals surface area contributed by atoms with E-state index in [0.717, 1.165) is 50.8 Å². The number of hydrogen-bond acceptors (Lipinski definition) is 3. The third kappa shape index (κ3) is 4.05. The summed E-state index contributed by atoms with van der Waals surface area (Å²) >= 11 is 0. The molecule has 0 fully saturated rings. The van der Waals surface area contributed by atoms with Crippen molar-refractivity contribution in [2.75, 3.05) is 27.2 Å². The highest BCUT2D eigenvalue weighted by Gasteiger charge is 2.10.